The highest BCUT2D eigenvalue weighted by molar-refractivity contribution is 8.00. The van der Waals surface area contributed by atoms with E-state index in [9.17, 15) is 9.18 Å². The van der Waals surface area contributed by atoms with Crippen LogP contribution in [-0.2, 0) is 4.79 Å². The van der Waals surface area contributed by atoms with Crippen molar-refractivity contribution in [1.29, 1.82) is 0 Å². The summed E-state index contributed by atoms with van der Waals surface area (Å²) >= 11 is 1.16. The Morgan fingerprint density at radius 3 is 2.57 bits per heavy atom. The molecule has 0 aliphatic carbocycles. The summed E-state index contributed by atoms with van der Waals surface area (Å²) in [7, 11) is 1.58. The third kappa shape index (κ3) is 6.73. The fourth-order valence-corrected chi connectivity index (χ4v) is 3.33. The fraction of sp³-hybridized carbons (Fsp3) is 0.381. The molecule has 2 rings (SSSR count). The van der Waals surface area contributed by atoms with Crippen molar-refractivity contribution in [3.8, 4) is 11.5 Å². The van der Waals surface area contributed by atoms with Gasteiger partial charge in [0.05, 0.1) is 12.9 Å². The first-order chi connectivity index (χ1) is 13.6. The van der Waals surface area contributed by atoms with E-state index in [2.05, 4.69) is 24.1 Å². The molecular weight excluding hydrogens is 379 g/mol. The number of hydrogen-bond donors (Lipinski definition) is 1. The molecule has 0 fully saturated rings. The van der Waals surface area contributed by atoms with Crippen molar-refractivity contribution >= 4 is 23.4 Å². The summed E-state index contributed by atoms with van der Waals surface area (Å²) in [6.45, 7) is 7.49. The van der Waals surface area contributed by atoms with Gasteiger partial charge in [0.1, 0.15) is 12.4 Å². The van der Waals surface area contributed by atoms with Gasteiger partial charge in [0.25, 0.3) is 0 Å². The van der Waals surface area contributed by atoms with Crippen LogP contribution in [0, 0.1) is 5.82 Å². The van der Waals surface area contributed by atoms with Gasteiger partial charge < -0.3 is 19.7 Å². The van der Waals surface area contributed by atoms with Crippen LogP contribution < -0.4 is 14.8 Å². The second kappa shape index (κ2) is 11.6. The smallest absolute Gasteiger partial charge is 0.234 e. The van der Waals surface area contributed by atoms with Crippen LogP contribution >= 0.6 is 11.8 Å². The van der Waals surface area contributed by atoms with Crippen LogP contribution in [0.4, 0.5) is 10.1 Å². The Balaban J connectivity index is 1.93. The average molecular weight is 407 g/mol. The van der Waals surface area contributed by atoms with Crippen molar-refractivity contribution in [2.45, 2.75) is 18.7 Å². The largest absolute Gasteiger partial charge is 0.493 e. The van der Waals surface area contributed by atoms with Crippen LogP contribution in [0.3, 0.4) is 0 Å². The lowest BCUT2D eigenvalue weighted by atomic mass is 10.2. The van der Waals surface area contributed by atoms with E-state index in [1.807, 2.05) is 0 Å². The molecule has 0 spiro atoms. The molecule has 2 aromatic carbocycles. The van der Waals surface area contributed by atoms with Crippen LogP contribution in [-0.4, -0.2) is 49.9 Å². The number of rotatable bonds is 11. The van der Waals surface area contributed by atoms with E-state index in [-0.39, 0.29) is 17.5 Å². The number of hydrogen-bond acceptors (Lipinski definition) is 5. The maximum absolute atomic E-state index is 13.6. The first-order valence-electron chi connectivity index (χ1n) is 9.27. The molecule has 0 atom stereocenters. The Labute approximate surface area is 170 Å². The standard InChI is InChI=1S/C21H27FN2O3S/c1-4-24(5-2)12-13-27-19-14-16(10-11-18(19)26-3)23-21(25)15-28-20-9-7-6-8-17(20)22/h6-11,14H,4-5,12-13,15H2,1-3H3,(H,23,25). The van der Waals surface area contributed by atoms with E-state index in [1.54, 1.807) is 43.5 Å². The summed E-state index contributed by atoms with van der Waals surface area (Å²) in [5.74, 6) is 0.763. The Morgan fingerprint density at radius 2 is 1.89 bits per heavy atom. The number of anilines is 1. The van der Waals surface area contributed by atoms with Gasteiger partial charge in [-0.2, -0.15) is 0 Å². The summed E-state index contributed by atoms with van der Waals surface area (Å²) in [4.78, 5) is 14.9. The monoisotopic (exact) mass is 406 g/mol. The minimum absolute atomic E-state index is 0.116. The van der Waals surface area contributed by atoms with E-state index >= 15 is 0 Å². The zero-order chi connectivity index (χ0) is 20.4. The van der Waals surface area contributed by atoms with Crippen molar-refractivity contribution in [3.63, 3.8) is 0 Å². The van der Waals surface area contributed by atoms with Gasteiger partial charge in [-0.1, -0.05) is 26.0 Å². The quantitative estimate of drug-likeness (QED) is 0.565. The number of carbonyl (C=O) groups excluding carboxylic acids is 1. The second-order valence-electron chi connectivity index (χ2n) is 6.01. The highest BCUT2D eigenvalue weighted by Crippen LogP contribution is 2.30. The molecular formula is C21H27FN2O3S. The molecule has 0 unspecified atom stereocenters. The zero-order valence-corrected chi connectivity index (χ0v) is 17.4. The Kier molecular flexibility index (Phi) is 9.10. The number of benzene rings is 2. The lowest BCUT2D eigenvalue weighted by Crippen LogP contribution is -2.28. The predicted octanol–water partition coefficient (Wildman–Crippen LogP) is 4.29. The number of nitrogens with zero attached hydrogens (tertiary/aromatic N) is 1. The molecule has 0 radical (unpaired) electrons. The van der Waals surface area contributed by atoms with Gasteiger partial charge in [0.2, 0.25) is 5.91 Å². The van der Waals surface area contributed by atoms with Gasteiger partial charge in [-0.05, 0) is 37.4 Å². The van der Waals surface area contributed by atoms with E-state index in [1.165, 1.54) is 6.07 Å². The number of carbonyl (C=O) groups is 1. The van der Waals surface area contributed by atoms with Crippen LogP contribution in [0.5, 0.6) is 11.5 Å². The number of amides is 1. The van der Waals surface area contributed by atoms with Crippen LogP contribution in [0.15, 0.2) is 47.4 Å². The highest BCUT2D eigenvalue weighted by Gasteiger charge is 2.10. The minimum Gasteiger partial charge on any atom is -0.493 e. The van der Waals surface area contributed by atoms with Crippen molar-refractivity contribution in [2.24, 2.45) is 0 Å². The lowest BCUT2D eigenvalue weighted by Gasteiger charge is -2.19. The highest BCUT2D eigenvalue weighted by atomic mass is 32.2. The van der Waals surface area contributed by atoms with Gasteiger partial charge in [-0.25, -0.2) is 4.39 Å². The molecule has 0 saturated heterocycles. The number of methoxy groups -OCH3 is 1. The summed E-state index contributed by atoms with van der Waals surface area (Å²) in [5, 5.41) is 2.82. The Bertz CT molecular complexity index is 769. The summed E-state index contributed by atoms with van der Waals surface area (Å²) in [6.07, 6.45) is 0. The van der Waals surface area contributed by atoms with Crippen LogP contribution in [0.2, 0.25) is 0 Å². The van der Waals surface area contributed by atoms with Crippen molar-refractivity contribution in [3.05, 3.63) is 48.3 Å². The van der Waals surface area contributed by atoms with Crippen LogP contribution in [0.25, 0.3) is 0 Å². The fourth-order valence-electron chi connectivity index (χ4n) is 2.59. The molecule has 152 valence electrons. The van der Waals surface area contributed by atoms with E-state index < -0.39 is 0 Å². The molecule has 0 aliphatic heterocycles. The molecule has 0 aromatic heterocycles. The Hall–Kier alpha value is -2.25. The number of nitrogens with one attached hydrogen (secondary N) is 1. The molecule has 2 aromatic rings. The average Bonchev–Trinajstić information content (AvgIpc) is 2.71. The third-order valence-corrected chi connectivity index (χ3v) is 5.25. The zero-order valence-electron chi connectivity index (χ0n) is 16.5. The molecule has 28 heavy (non-hydrogen) atoms. The number of thioether (sulfide) groups is 1. The molecule has 1 N–H and O–H groups in total. The van der Waals surface area contributed by atoms with Gasteiger partial charge in [-0.15, -0.1) is 11.8 Å². The Morgan fingerprint density at radius 1 is 1.14 bits per heavy atom. The van der Waals surface area contributed by atoms with E-state index in [0.717, 1.165) is 31.4 Å². The summed E-state index contributed by atoms with van der Waals surface area (Å²) < 4.78 is 24.8. The maximum Gasteiger partial charge on any atom is 0.234 e. The SMILES string of the molecule is CCN(CC)CCOc1cc(NC(=O)CSc2ccccc2F)ccc1OC. The predicted molar refractivity (Wildman–Crippen MR) is 112 cm³/mol. The van der Waals surface area contributed by atoms with Gasteiger partial charge in [0.15, 0.2) is 11.5 Å². The normalized spacial score (nSPS) is 10.8. The lowest BCUT2D eigenvalue weighted by molar-refractivity contribution is -0.113. The summed E-state index contributed by atoms with van der Waals surface area (Å²) in [6, 6.07) is 11.7. The van der Waals surface area contributed by atoms with Crippen molar-refractivity contribution < 1.29 is 18.7 Å². The van der Waals surface area contributed by atoms with E-state index in [4.69, 9.17) is 9.47 Å². The number of halogens is 1. The van der Waals surface area contributed by atoms with Gasteiger partial charge >= 0.3 is 0 Å². The molecule has 0 heterocycles. The van der Waals surface area contributed by atoms with Crippen molar-refractivity contribution in [1.82, 2.24) is 4.90 Å². The maximum atomic E-state index is 13.6. The molecule has 1 amide bonds. The van der Waals surface area contributed by atoms with Crippen molar-refractivity contribution in [2.75, 3.05) is 44.4 Å². The topological polar surface area (TPSA) is 50.8 Å². The number of ether oxygens (including phenoxy) is 2. The third-order valence-electron chi connectivity index (χ3n) is 4.20. The molecule has 0 bridgehead atoms. The van der Waals surface area contributed by atoms with Gasteiger partial charge in [-0.3, -0.25) is 4.79 Å². The first kappa shape index (κ1) is 22.0. The minimum atomic E-state index is -0.325. The number of likely N-dealkylation sites (N-methyl/N-ethyl adjacent to an activating group) is 1. The molecule has 0 aliphatic rings. The van der Waals surface area contributed by atoms with E-state index in [0.29, 0.717) is 28.7 Å². The van der Waals surface area contributed by atoms with Crippen LogP contribution in [0.1, 0.15) is 13.8 Å². The first-order valence-corrected chi connectivity index (χ1v) is 10.3. The molecule has 7 heteroatoms. The second-order valence-corrected chi connectivity index (χ2v) is 7.03. The summed E-state index contributed by atoms with van der Waals surface area (Å²) in [5.41, 5.74) is 0.609. The molecule has 5 nitrogen and oxygen atoms in total. The van der Waals surface area contributed by atoms with Gasteiger partial charge in [0, 0.05) is 23.2 Å². The molecule has 0 saturated carbocycles.